The second-order valence-electron chi connectivity index (χ2n) is 11.3. The summed E-state index contributed by atoms with van der Waals surface area (Å²) in [5, 5.41) is 0. The van der Waals surface area contributed by atoms with Crippen molar-refractivity contribution in [2.45, 2.75) is 67.2 Å². The first kappa shape index (κ1) is 30.0. The average Bonchev–Trinajstić information content (AvgIpc) is 3.23. The number of hydrogen-bond acceptors (Lipinski definition) is 6. The van der Waals surface area contributed by atoms with Gasteiger partial charge in [0.05, 0.1) is 0 Å². The Labute approximate surface area is 216 Å². The summed E-state index contributed by atoms with van der Waals surface area (Å²) in [6.07, 6.45) is 3.27. The third-order valence-corrected chi connectivity index (χ3v) is 6.84. The van der Waals surface area contributed by atoms with E-state index in [9.17, 15) is 19.2 Å². The maximum Gasteiger partial charge on any atom is 0.327 e. The van der Waals surface area contributed by atoms with E-state index in [1.807, 2.05) is 27.7 Å². The van der Waals surface area contributed by atoms with E-state index in [4.69, 9.17) is 9.47 Å². The highest BCUT2D eigenvalue weighted by molar-refractivity contribution is 6.02. The lowest BCUT2D eigenvalue weighted by atomic mass is 9.87. The molecule has 0 bridgehead atoms. The summed E-state index contributed by atoms with van der Waals surface area (Å²) in [6.45, 7) is 16.7. The van der Waals surface area contributed by atoms with E-state index in [2.05, 4.69) is 13.8 Å². The van der Waals surface area contributed by atoms with E-state index >= 15 is 0 Å². The molecule has 206 valence electrons. The van der Waals surface area contributed by atoms with Gasteiger partial charge in [0.25, 0.3) is 0 Å². The summed E-state index contributed by atoms with van der Waals surface area (Å²) < 4.78 is 11.5. The van der Waals surface area contributed by atoms with Gasteiger partial charge in [0, 0.05) is 52.6 Å². The highest BCUT2D eigenvalue weighted by Gasteiger charge is 2.39. The van der Waals surface area contributed by atoms with Crippen LogP contribution in [-0.2, 0) is 19.1 Å². The Kier molecular flexibility index (Phi) is 11.2. The number of imide groups is 2. The number of urea groups is 2. The fraction of sp³-hybridized carbons (Fsp3) is 0.846. The third kappa shape index (κ3) is 8.73. The number of amides is 6. The van der Waals surface area contributed by atoms with Crippen molar-refractivity contribution >= 4 is 23.9 Å². The number of hydrogen-bond donors (Lipinski definition) is 0. The monoisotopic (exact) mass is 510 g/mol. The molecule has 0 saturated carbocycles. The van der Waals surface area contributed by atoms with Crippen molar-refractivity contribution in [2.75, 3.05) is 65.7 Å². The van der Waals surface area contributed by atoms with E-state index in [1.165, 1.54) is 9.80 Å². The minimum atomic E-state index is -0.211. The summed E-state index contributed by atoms with van der Waals surface area (Å²) in [7, 11) is 0. The topological polar surface area (TPSA) is 99.7 Å². The largest absolute Gasteiger partial charge is 0.381 e. The van der Waals surface area contributed by atoms with E-state index in [0.717, 1.165) is 25.7 Å². The molecule has 0 N–H and O–H groups in total. The maximum absolute atomic E-state index is 12.3. The molecule has 0 atom stereocenters. The van der Waals surface area contributed by atoms with Gasteiger partial charge in [-0.25, -0.2) is 9.59 Å². The first-order valence-electron chi connectivity index (χ1n) is 13.2. The van der Waals surface area contributed by atoms with Gasteiger partial charge >= 0.3 is 12.1 Å². The van der Waals surface area contributed by atoms with Crippen LogP contribution in [0.1, 0.15) is 67.2 Å². The number of nitrogens with zero attached hydrogens (tertiary/aromatic N) is 4. The molecule has 2 aliphatic rings. The first-order chi connectivity index (χ1) is 16.9. The zero-order chi connectivity index (χ0) is 26.9. The van der Waals surface area contributed by atoms with Gasteiger partial charge in [-0.3, -0.25) is 19.4 Å². The highest BCUT2D eigenvalue weighted by atomic mass is 16.5. The van der Waals surface area contributed by atoms with Crippen LogP contribution in [0.3, 0.4) is 0 Å². The minimum Gasteiger partial charge on any atom is -0.381 e. The number of likely N-dealkylation sites (N-methyl/N-ethyl adjacent to an activating group) is 2. The van der Waals surface area contributed by atoms with Gasteiger partial charge in [0.2, 0.25) is 11.8 Å². The number of ether oxygens (including phenoxy) is 2. The van der Waals surface area contributed by atoms with Crippen LogP contribution >= 0.6 is 0 Å². The van der Waals surface area contributed by atoms with Gasteiger partial charge in [-0.1, -0.05) is 27.7 Å². The predicted molar refractivity (Wildman–Crippen MR) is 136 cm³/mol. The van der Waals surface area contributed by atoms with Crippen molar-refractivity contribution in [3.8, 4) is 0 Å². The van der Waals surface area contributed by atoms with Crippen LogP contribution in [0.4, 0.5) is 9.59 Å². The molecule has 2 fully saturated rings. The summed E-state index contributed by atoms with van der Waals surface area (Å²) in [6, 6.07) is -0.380. The van der Waals surface area contributed by atoms with Crippen LogP contribution in [0, 0.1) is 10.8 Å². The normalized spacial score (nSPS) is 17.4. The molecule has 0 radical (unpaired) electrons. The van der Waals surface area contributed by atoms with E-state index < -0.39 is 0 Å². The van der Waals surface area contributed by atoms with Crippen molar-refractivity contribution in [3.05, 3.63) is 0 Å². The SMILES string of the molecule is CCN1CC(=O)N(CC(C)(C)CCCOCCCOCCC(C)(C)CN2C(=O)CN(CC)C2=O)C1=O. The Bertz CT molecular complexity index is 720. The molecule has 2 saturated heterocycles. The smallest absolute Gasteiger partial charge is 0.327 e. The Morgan fingerprint density at radius 1 is 0.639 bits per heavy atom. The number of carbonyl (C=O) groups is 4. The van der Waals surface area contributed by atoms with Crippen molar-refractivity contribution in [1.82, 2.24) is 19.6 Å². The Balaban J connectivity index is 1.52. The van der Waals surface area contributed by atoms with Gasteiger partial charge < -0.3 is 19.3 Å². The molecule has 0 aromatic heterocycles. The zero-order valence-electron chi connectivity index (χ0n) is 23.1. The Hall–Kier alpha value is -2.20. The van der Waals surface area contributed by atoms with Gasteiger partial charge in [-0.2, -0.15) is 0 Å². The molecule has 0 aromatic carbocycles. The second-order valence-corrected chi connectivity index (χ2v) is 11.3. The quantitative estimate of drug-likeness (QED) is 0.220. The first-order valence-corrected chi connectivity index (χ1v) is 13.2. The summed E-state index contributed by atoms with van der Waals surface area (Å²) in [5.74, 6) is -0.242. The third-order valence-electron chi connectivity index (χ3n) is 6.84. The number of rotatable bonds is 17. The molecule has 36 heavy (non-hydrogen) atoms. The fourth-order valence-corrected chi connectivity index (χ4v) is 4.48. The molecule has 0 aromatic rings. The second kappa shape index (κ2) is 13.4. The standard InChI is InChI=1S/C26H46N4O6/c1-7-27-17-21(31)29(23(27)33)19-25(3,4)11-9-13-35-14-10-15-36-16-12-26(5,6)20-30-22(32)18-28(8-2)24(30)34/h7-20H2,1-6H3. The van der Waals surface area contributed by atoms with Crippen LogP contribution in [0.25, 0.3) is 0 Å². The van der Waals surface area contributed by atoms with Crippen LogP contribution in [-0.4, -0.2) is 109 Å². The summed E-state index contributed by atoms with van der Waals surface area (Å²) in [5.41, 5.74) is -0.370. The average molecular weight is 511 g/mol. The summed E-state index contributed by atoms with van der Waals surface area (Å²) >= 11 is 0. The predicted octanol–water partition coefficient (Wildman–Crippen LogP) is 3.20. The van der Waals surface area contributed by atoms with Crippen molar-refractivity contribution in [1.29, 1.82) is 0 Å². The molecule has 0 spiro atoms. The lowest BCUT2D eigenvalue weighted by molar-refractivity contribution is -0.127. The molecule has 10 heteroatoms. The fourth-order valence-electron chi connectivity index (χ4n) is 4.48. The van der Waals surface area contributed by atoms with E-state index in [0.29, 0.717) is 52.6 Å². The Morgan fingerprint density at radius 2 is 1.06 bits per heavy atom. The molecule has 2 heterocycles. The maximum atomic E-state index is 12.3. The van der Waals surface area contributed by atoms with Gasteiger partial charge in [-0.15, -0.1) is 0 Å². The molecule has 0 aliphatic carbocycles. The Morgan fingerprint density at radius 3 is 1.50 bits per heavy atom. The van der Waals surface area contributed by atoms with E-state index in [1.54, 1.807) is 9.80 Å². The molecule has 2 rings (SSSR count). The van der Waals surface area contributed by atoms with Crippen LogP contribution in [0.2, 0.25) is 0 Å². The van der Waals surface area contributed by atoms with Gasteiger partial charge in [0.1, 0.15) is 13.1 Å². The zero-order valence-corrected chi connectivity index (χ0v) is 23.1. The lowest BCUT2D eigenvalue weighted by Crippen LogP contribution is -2.40. The molecule has 0 unspecified atom stereocenters. The molecule has 10 nitrogen and oxygen atoms in total. The van der Waals surface area contributed by atoms with Gasteiger partial charge in [-0.05, 0) is 50.4 Å². The molecule has 6 amide bonds. The van der Waals surface area contributed by atoms with Crippen molar-refractivity contribution in [3.63, 3.8) is 0 Å². The van der Waals surface area contributed by atoms with Crippen LogP contribution in [0.15, 0.2) is 0 Å². The molecular formula is C26H46N4O6. The molecule has 2 aliphatic heterocycles. The van der Waals surface area contributed by atoms with E-state index in [-0.39, 0.29) is 47.8 Å². The minimum absolute atomic E-state index is 0.115. The van der Waals surface area contributed by atoms with Crippen molar-refractivity contribution in [2.24, 2.45) is 10.8 Å². The lowest BCUT2D eigenvalue weighted by Gasteiger charge is -2.29. The van der Waals surface area contributed by atoms with Crippen LogP contribution < -0.4 is 0 Å². The summed E-state index contributed by atoms with van der Waals surface area (Å²) in [4.78, 5) is 54.7. The van der Waals surface area contributed by atoms with Crippen molar-refractivity contribution < 1.29 is 28.7 Å². The highest BCUT2D eigenvalue weighted by Crippen LogP contribution is 2.27. The number of carbonyl (C=O) groups excluding carboxylic acids is 4. The van der Waals surface area contributed by atoms with Crippen LogP contribution in [0.5, 0.6) is 0 Å². The molecular weight excluding hydrogens is 464 g/mol. The van der Waals surface area contributed by atoms with Gasteiger partial charge in [0.15, 0.2) is 0 Å².